The number of alkyl carbamates (subject to hydrolysis) is 1. The zero-order valence-corrected chi connectivity index (χ0v) is 16.0. The average molecular weight is 411 g/mol. The predicted molar refractivity (Wildman–Crippen MR) is 101 cm³/mol. The van der Waals surface area contributed by atoms with Gasteiger partial charge in [-0.25, -0.2) is 4.79 Å². The van der Waals surface area contributed by atoms with Crippen LogP contribution in [0.1, 0.15) is 31.9 Å². The van der Waals surface area contributed by atoms with E-state index in [2.05, 4.69) is 10.6 Å². The molecule has 29 heavy (non-hydrogen) atoms. The zero-order valence-electron chi connectivity index (χ0n) is 16.0. The van der Waals surface area contributed by atoms with Gasteiger partial charge in [-0.3, -0.25) is 10.1 Å². The van der Waals surface area contributed by atoms with E-state index in [1.807, 2.05) is 0 Å². The number of nitrogens with one attached hydrogen (secondary N) is 2. The maximum absolute atomic E-state index is 12.9. The number of anilines is 2. The molecular weight excluding hydrogens is 391 g/mol. The van der Waals surface area contributed by atoms with Gasteiger partial charge in [0, 0.05) is 18.3 Å². The molecule has 2 aromatic rings. The monoisotopic (exact) mass is 411 g/mol. The van der Waals surface area contributed by atoms with Crippen molar-refractivity contribution in [1.29, 1.82) is 0 Å². The fourth-order valence-electron chi connectivity index (χ4n) is 2.32. The highest BCUT2D eigenvalue weighted by molar-refractivity contribution is 5.71. The first-order valence-electron chi connectivity index (χ1n) is 8.53. The van der Waals surface area contributed by atoms with Gasteiger partial charge in [0.15, 0.2) is 0 Å². The number of alkyl halides is 3. The van der Waals surface area contributed by atoms with Crippen LogP contribution in [0.15, 0.2) is 42.5 Å². The number of rotatable bonds is 5. The Morgan fingerprint density at radius 2 is 1.72 bits per heavy atom. The second-order valence-electron chi connectivity index (χ2n) is 7.16. The second-order valence-corrected chi connectivity index (χ2v) is 7.16. The molecule has 0 aliphatic heterocycles. The molecule has 0 bridgehead atoms. The Kier molecular flexibility index (Phi) is 6.35. The first kappa shape index (κ1) is 22.0. The minimum absolute atomic E-state index is 0.179. The third-order valence-corrected chi connectivity index (χ3v) is 3.59. The van der Waals surface area contributed by atoms with E-state index in [1.165, 1.54) is 12.1 Å². The predicted octanol–water partition coefficient (Wildman–Crippen LogP) is 5.38. The van der Waals surface area contributed by atoms with Gasteiger partial charge >= 0.3 is 12.3 Å². The van der Waals surface area contributed by atoms with Crippen LogP contribution in [0, 0.1) is 10.1 Å². The number of nitrogens with zero attached hydrogens (tertiary/aromatic N) is 1. The van der Waals surface area contributed by atoms with Gasteiger partial charge < -0.3 is 15.4 Å². The summed E-state index contributed by atoms with van der Waals surface area (Å²) in [5.41, 5.74) is -1.31. The summed E-state index contributed by atoms with van der Waals surface area (Å²) in [6, 6.07) is 8.49. The molecule has 0 aromatic heterocycles. The fraction of sp³-hybridized carbons (Fsp3) is 0.316. The number of carbonyl (C=O) groups excluding carboxylic acids is 1. The number of benzene rings is 2. The van der Waals surface area contributed by atoms with Crippen LogP contribution in [0.3, 0.4) is 0 Å². The van der Waals surface area contributed by atoms with Crippen molar-refractivity contribution in [2.75, 3.05) is 5.32 Å². The summed E-state index contributed by atoms with van der Waals surface area (Å²) in [5.74, 6) is 0. The lowest BCUT2D eigenvalue weighted by Gasteiger charge is -2.19. The Labute approximate surface area is 165 Å². The van der Waals surface area contributed by atoms with Gasteiger partial charge in [0.1, 0.15) is 11.3 Å². The molecule has 1 amide bonds. The average Bonchev–Trinajstić information content (AvgIpc) is 2.58. The number of hydrogen-bond donors (Lipinski definition) is 2. The highest BCUT2D eigenvalue weighted by Crippen LogP contribution is 2.36. The van der Waals surface area contributed by atoms with Crippen LogP contribution in [0.2, 0.25) is 0 Å². The van der Waals surface area contributed by atoms with Gasteiger partial charge in [0.05, 0.1) is 10.5 Å². The highest BCUT2D eigenvalue weighted by Gasteiger charge is 2.32. The number of halogens is 3. The molecule has 10 heteroatoms. The number of carbonyl (C=O) groups is 1. The van der Waals surface area contributed by atoms with Crippen molar-refractivity contribution in [3.05, 3.63) is 63.7 Å². The Balaban J connectivity index is 2.11. The van der Waals surface area contributed by atoms with Crippen molar-refractivity contribution in [2.45, 2.75) is 39.1 Å². The van der Waals surface area contributed by atoms with E-state index < -0.39 is 34.0 Å². The molecule has 7 nitrogen and oxygen atoms in total. The Morgan fingerprint density at radius 1 is 1.10 bits per heavy atom. The minimum atomic E-state index is -4.62. The summed E-state index contributed by atoms with van der Waals surface area (Å²) in [6.45, 7) is 5.39. The van der Waals surface area contributed by atoms with Gasteiger partial charge in [0.2, 0.25) is 0 Å². The van der Waals surface area contributed by atoms with E-state index in [1.54, 1.807) is 32.9 Å². The van der Waals surface area contributed by atoms with Crippen molar-refractivity contribution in [3.63, 3.8) is 0 Å². The molecule has 156 valence electrons. The van der Waals surface area contributed by atoms with Gasteiger partial charge in [-0.05, 0) is 50.6 Å². The maximum Gasteiger partial charge on any atom is 0.416 e. The summed E-state index contributed by atoms with van der Waals surface area (Å²) >= 11 is 0. The molecular formula is C19H20F3N3O4. The highest BCUT2D eigenvalue weighted by atomic mass is 19.4. The number of nitro benzene ring substituents is 1. The molecule has 2 rings (SSSR count). The van der Waals surface area contributed by atoms with Crippen molar-refractivity contribution < 1.29 is 27.6 Å². The van der Waals surface area contributed by atoms with Crippen LogP contribution in [0.25, 0.3) is 0 Å². The molecule has 0 aliphatic carbocycles. The molecule has 0 aliphatic rings. The van der Waals surface area contributed by atoms with E-state index in [0.717, 1.165) is 6.07 Å². The van der Waals surface area contributed by atoms with Crippen molar-refractivity contribution in [2.24, 2.45) is 0 Å². The number of amides is 1. The summed E-state index contributed by atoms with van der Waals surface area (Å²) < 4.78 is 43.8. The maximum atomic E-state index is 12.9. The molecule has 0 saturated carbocycles. The molecule has 0 spiro atoms. The zero-order chi connectivity index (χ0) is 21.8. The summed E-state index contributed by atoms with van der Waals surface area (Å²) in [5, 5.41) is 16.3. The molecule has 0 atom stereocenters. The van der Waals surface area contributed by atoms with Crippen LogP contribution in [-0.4, -0.2) is 16.6 Å². The van der Waals surface area contributed by atoms with Gasteiger partial charge in [-0.2, -0.15) is 13.2 Å². The Morgan fingerprint density at radius 3 is 2.24 bits per heavy atom. The first-order chi connectivity index (χ1) is 13.3. The topological polar surface area (TPSA) is 93.5 Å². The van der Waals surface area contributed by atoms with Crippen LogP contribution < -0.4 is 10.6 Å². The summed E-state index contributed by atoms with van der Waals surface area (Å²) in [4.78, 5) is 22.0. The number of nitro groups is 1. The number of hydrogen-bond acceptors (Lipinski definition) is 5. The van der Waals surface area contributed by atoms with Gasteiger partial charge in [-0.1, -0.05) is 12.1 Å². The van der Waals surface area contributed by atoms with E-state index in [-0.39, 0.29) is 12.2 Å². The molecule has 2 aromatic carbocycles. The Hall–Kier alpha value is -3.30. The van der Waals surface area contributed by atoms with Gasteiger partial charge in [0.25, 0.3) is 5.69 Å². The standard InChI is InChI=1S/C19H20F3N3O4/c1-18(2,3)29-17(26)23-11-12-4-7-14(8-5-12)24-15-10-13(19(20,21)22)6-9-16(15)25(27)28/h4-10,24H,11H2,1-3H3,(H,23,26). The molecule has 0 radical (unpaired) electrons. The Bertz CT molecular complexity index is 891. The second kappa shape index (κ2) is 8.38. The van der Waals surface area contributed by atoms with Gasteiger partial charge in [-0.15, -0.1) is 0 Å². The SMILES string of the molecule is CC(C)(C)OC(=O)NCc1ccc(Nc2cc(C(F)(F)F)ccc2[N+](=O)[O-])cc1. The van der Waals surface area contributed by atoms with Crippen LogP contribution >= 0.6 is 0 Å². The lowest BCUT2D eigenvalue weighted by atomic mass is 10.1. The fourth-order valence-corrected chi connectivity index (χ4v) is 2.32. The third kappa shape index (κ3) is 6.66. The lowest BCUT2D eigenvalue weighted by molar-refractivity contribution is -0.384. The van der Waals surface area contributed by atoms with E-state index in [0.29, 0.717) is 23.4 Å². The first-order valence-corrected chi connectivity index (χ1v) is 8.53. The van der Waals surface area contributed by atoms with E-state index in [4.69, 9.17) is 4.74 Å². The molecule has 0 fully saturated rings. The van der Waals surface area contributed by atoms with Crippen LogP contribution in [-0.2, 0) is 17.5 Å². The third-order valence-electron chi connectivity index (χ3n) is 3.59. The van der Waals surface area contributed by atoms with E-state index in [9.17, 15) is 28.1 Å². The number of ether oxygens (including phenoxy) is 1. The smallest absolute Gasteiger partial charge is 0.416 e. The summed E-state index contributed by atoms with van der Waals surface area (Å²) in [6.07, 6.45) is -5.21. The molecule has 0 heterocycles. The molecule has 2 N–H and O–H groups in total. The quantitative estimate of drug-likeness (QED) is 0.509. The summed E-state index contributed by atoms with van der Waals surface area (Å²) in [7, 11) is 0. The molecule has 0 unspecified atom stereocenters. The largest absolute Gasteiger partial charge is 0.444 e. The normalized spacial score (nSPS) is 11.7. The lowest BCUT2D eigenvalue weighted by Crippen LogP contribution is -2.32. The van der Waals surface area contributed by atoms with E-state index >= 15 is 0 Å². The minimum Gasteiger partial charge on any atom is -0.444 e. The van der Waals surface area contributed by atoms with Crippen molar-refractivity contribution in [3.8, 4) is 0 Å². The van der Waals surface area contributed by atoms with Crippen molar-refractivity contribution >= 4 is 23.2 Å². The van der Waals surface area contributed by atoms with Crippen LogP contribution in [0.4, 0.5) is 35.0 Å². The van der Waals surface area contributed by atoms with Crippen molar-refractivity contribution in [1.82, 2.24) is 5.32 Å². The van der Waals surface area contributed by atoms with Crippen LogP contribution in [0.5, 0.6) is 0 Å². The molecule has 0 saturated heterocycles.